The number of benzene rings is 3. The number of amides is 1. The highest BCUT2D eigenvalue weighted by molar-refractivity contribution is 6.36. The van der Waals surface area contributed by atoms with E-state index in [0.717, 1.165) is 0 Å². The van der Waals surface area contributed by atoms with Crippen molar-refractivity contribution in [3.8, 4) is 11.5 Å². The van der Waals surface area contributed by atoms with Gasteiger partial charge in [0.05, 0.1) is 16.8 Å². The van der Waals surface area contributed by atoms with E-state index in [1.807, 2.05) is 0 Å². The fourth-order valence-corrected chi connectivity index (χ4v) is 2.94. The van der Waals surface area contributed by atoms with E-state index in [1.165, 1.54) is 18.3 Å². The largest absolute Gasteiger partial charge is 0.484 e. The summed E-state index contributed by atoms with van der Waals surface area (Å²) in [5.41, 5.74) is 3.25. The lowest BCUT2D eigenvalue weighted by Crippen LogP contribution is -2.24. The number of nitrogens with one attached hydrogen (secondary N) is 1. The van der Waals surface area contributed by atoms with E-state index in [4.69, 9.17) is 44.3 Å². The van der Waals surface area contributed by atoms with Gasteiger partial charge in [-0.3, -0.25) is 4.79 Å². The average molecular weight is 478 g/mol. The van der Waals surface area contributed by atoms with Gasteiger partial charge in [-0.25, -0.2) is 10.2 Å². The second-order valence-electron chi connectivity index (χ2n) is 6.12. The van der Waals surface area contributed by atoms with Crippen LogP contribution in [0.3, 0.4) is 0 Å². The van der Waals surface area contributed by atoms with Crippen molar-refractivity contribution in [2.45, 2.75) is 0 Å². The van der Waals surface area contributed by atoms with Crippen LogP contribution in [0.1, 0.15) is 15.9 Å². The van der Waals surface area contributed by atoms with E-state index in [9.17, 15) is 9.59 Å². The third kappa shape index (κ3) is 7.00. The van der Waals surface area contributed by atoms with Crippen LogP contribution >= 0.6 is 34.8 Å². The highest BCUT2D eigenvalue weighted by Gasteiger charge is 2.13. The summed E-state index contributed by atoms with van der Waals surface area (Å²) in [6.07, 6.45) is 1.45. The molecule has 0 aliphatic heterocycles. The molecule has 0 saturated carbocycles. The van der Waals surface area contributed by atoms with Gasteiger partial charge in [-0.15, -0.1) is 0 Å². The van der Waals surface area contributed by atoms with Crippen LogP contribution < -0.4 is 14.9 Å². The molecule has 3 aromatic rings. The number of hydrazone groups is 1. The summed E-state index contributed by atoms with van der Waals surface area (Å²) in [6, 6.07) is 17.7. The number of esters is 1. The average Bonchev–Trinajstić information content (AvgIpc) is 2.74. The number of hydrogen-bond acceptors (Lipinski definition) is 5. The molecule has 0 unspecified atom stereocenters. The van der Waals surface area contributed by atoms with E-state index >= 15 is 0 Å². The van der Waals surface area contributed by atoms with Gasteiger partial charge in [0.25, 0.3) is 5.91 Å². The molecule has 9 heteroatoms. The monoisotopic (exact) mass is 476 g/mol. The van der Waals surface area contributed by atoms with Crippen molar-refractivity contribution >= 4 is 52.9 Å². The second-order valence-corrected chi connectivity index (χ2v) is 7.40. The summed E-state index contributed by atoms with van der Waals surface area (Å²) in [4.78, 5) is 24.0. The Balaban J connectivity index is 1.48. The Morgan fingerprint density at radius 3 is 2.19 bits per heavy atom. The maximum Gasteiger partial charge on any atom is 0.345 e. The van der Waals surface area contributed by atoms with Crippen molar-refractivity contribution in [2.75, 3.05) is 6.61 Å². The van der Waals surface area contributed by atoms with Crippen molar-refractivity contribution < 1.29 is 19.1 Å². The van der Waals surface area contributed by atoms with E-state index in [1.54, 1.807) is 54.6 Å². The lowest BCUT2D eigenvalue weighted by atomic mass is 10.2. The van der Waals surface area contributed by atoms with Gasteiger partial charge in [-0.1, -0.05) is 34.8 Å². The van der Waals surface area contributed by atoms with Gasteiger partial charge in [-0.2, -0.15) is 5.10 Å². The molecule has 0 atom stereocenters. The Hall–Kier alpha value is -3.06. The first-order chi connectivity index (χ1) is 14.9. The normalized spacial score (nSPS) is 10.7. The number of carbonyl (C=O) groups is 2. The van der Waals surface area contributed by atoms with Crippen LogP contribution in [-0.4, -0.2) is 24.7 Å². The minimum atomic E-state index is -0.601. The zero-order valence-electron chi connectivity index (χ0n) is 15.8. The SMILES string of the molecule is O=C(COc1ccc(Cl)cc1)NN=Cc1ccc(OC(=O)c2ccc(Cl)cc2Cl)cc1. The maximum atomic E-state index is 12.2. The summed E-state index contributed by atoms with van der Waals surface area (Å²) in [7, 11) is 0. The first kappa shape index (κ1) is 22.6. The Morgan fingerprint density at radius 1 is 0.871 bits per heavy atom. The van der Waals surface area contributed by atoms with E-state index in [2.05, 4.69) is 10.5 Å². The van der Waals surface area contributed by atoms with Crippen LogP contribution in [0, 0.1) is 0 Å². The minimum Gasteiger partial charge on any atom is -0.484 e. The molecule has 0 heterocycles. The number of ether oxygens (including phenoxy) is 2. The van der Waals surface area contributed by atoms with Gasteiger partial charge in [0.1, 0.15) is 11.5 Å². The molecule has 1 amide bonds. The molecular formula is C22H15Cl3N2O4. The Morgan fingerprint density at radius 2 is 1.52 bits per heavy atom. The molecule has 0 fully saturated rings. The molecule has 0 saturated heterocycles. The summed E-state index contributed by atoms with van der Waals surface area (Å²) in [5, 5.41) is 5.07. The van der Waals surface area contributed by atoms with Crippen LogP contribution in [0.15, 0.2) is 71.8 Å². The van der Waals surface area contributed by atoms with Crippen LogP contribution in [0.2, 0.25) is 15.1 Å². The number of nitrogens with zero attached hydrogens (tertiary/aromatic N) is 1. The van der Waals surface area contributed by atoms with Gasteiger partial charge < -0.3 is 9.47 Å². The molecule has 0 spiro atoms. The molecule has 158 valence electrons. The minimum absolute atomic E-state index is 0.193. The van der Waals surface area contributed by atoms with Crippen molar-refractivity contribution in [1.29, 1.82) is 0 Å². The standard InChI is InChI=1S/C22H15Cl3N2O4/c23-15-3-8-17(9-4-15)30-13-21(28)27-26-12-14-1-6-18(7-2-14)31-22(29)19-10-5-16(24)11-20(19)25/h1-12H,13H2,(H,27,28). The van der Waals surface area contributed by atoms with Crippen molar-refractivity contribution in [3.05, 3.63) is 92.9 Å². The van der Waals surface area contributed by atoms with Gasteiger partial charge in [-0.05, 0) is 72.3 Å². The molecule has 0 aliphatic carbocycles. The third-order valence-corrected chi connectivity index (χ3v) is 4.63. The van der Waals surface area contributed by atoms with Gasteiger partial charge in [0, 0.05) is 10.0 Å². The lowest BCUT2D eigenvalue weighted by Gasteiger charge is -2.06. The van der Waals surface area contributed by atoms with Crippen LogP contribution in [-0.2, 0) is 4.79 Å². The highest BCUT2D eigenvalue weighted by atomic mass is 35.5. The van der Waals surface area contributed by atoms with E-state index in [-0.39, 0.29) is 17.2 Å². The topological polar surface area (TPSA) is 77.0 Å². The van der Waals surface area contributed by atoms with Crippen molar-refractivity contribution in [1.82, 2.24) is 5.43 Å². The zero-order chi connectivity index (χ0) is 22.2. The first-order valence-electron chi connectivity index (χ1n) is 8.88. The highest BCUT2D eigenvalue weighted by Crippen LogP contribution is 2.23. The number of halogens is 3. The van der Waals surface area contributed by atoms with Crippen molar-refractivity contribution in [2.24, 2.45) is 5.10 Å². The zero-order valence-corrected chi connectivity index (χ0v) is 18.1. The fraction of sp³-hybridized carbons (Fsp3) is 0.0455. The Labute approximate surface area is 193 Å². The molecule has 0 bridgehead atoms. The maximum absolute atomic E-state index is 12.2. The van der Waals surface area contributed by atoms with Crippen LogP contribution in [0.25, 0.3) is 0 Å². The molecule has 0 radical (unpaired) electrons. The molecule has 0 aromatic heterocycles. The molecule has 6 nitrogen and oxygen atoms in total. The van der Waals surface area contributed by atoms with Crippen LogP contribution in [0.4, 0.5) is 0 Å². The molecular weight excluding hydrogens is 463 g/mol. The van der Waals surface area contributed by atoms with Crippen LogP contribution in [0.5, 0.6) is 11.5 Å². The fourth-order valence-electron chi connectivity index (χ4n) is 2.33. The Kier molecular flexibility index (Phi) is 7.89. The van der Waals surface area contributed by atoms with Crippen molar-refractivity contribution in [3.63, 3.8) is 0 Å². The summed E-state index contributed by atoms with van der Waals surface area (Å²) in [5.74, 6) is -0.172. The quantitative estimate of drug-likeness (QED) is 0.214. The number of hydrogen-bond donors (Lipinski definition) is 1. The third-order valence-electron chi connectivity index (χ3n) is 3.83. The summed E-state index contributed by atoms with van der Waals surface area (Å²) < 4.78 is 10.6. The number of rotatable bonds is 7. The second kappa shape index (κ2) is 10.8. The van der Waals surface area contributed by atoms with Gasteiger partial charge in [0.15, 0.2) is 6.61 Å². The molecule has 1 N–H and O–H groups in total. The van der Waals surface area contributed by atoms with Gasteiger partial charge >= 0.3 is 5.97 Å². The summed E-state index contributed by atoms with van der Waals surface area (Å²) >= 11 is 17.6. The predicted molar refractivity (Wildman–Crippen MR) is 121 cm³/mol. The summed E-state index contributed by atoms with van der Waals surface area (Å²) in [6.45, 7) is -0.193. The first-order valence-corrected chi connectivity index (χ1v) is 10.0. The van der Waals surface area contributed by atoms with E-state index < -0.39 is 11.9 Å². The smallest absolute Gasteiger partial charge is 0.345 e. The Bertz CT molecular complexity index is 1100. The van der Waals surface area contributed by atoms with Gasteiger partial charge in [0.2, 0.25) is 0 Å². The molecule has 31 heavy (non-hydrogen) atoms. The molecule has 3 rings (SSSR count). The predicted octanol–water partition coefficient (Wildman–Crippen LogP) is 5.40. The molecule has 0 aliphatic rings. The molecule has 3 aromatic carbocycles. The number of carbonyl (C=O) groups excluding carboxylic acids is 2. The van der Waals surface area contributed by atoms with E-state index in [0.29, 0.717) is 27.1 Å². The lowest BCUT2D eigenvalue weighted by molar-refractivity contribution is -0.123.